The van der Waals surface area contributed by atoms with E-state index in [4.69, 9.17) is 9.47 Å². The van der Waals surface area contributed by atoms with Crippen LogP contribution in [0, 0.1) is 11.8 Å². The Morgan fingerprint density at radius 1 is 1.50 bits per heavy atom. The highest BCUT2D eigenvalue weighted by Gasteiger charge is 2.42. The van der Waals surface area contributed by atoms with Gasteiger partial charge < -0.3 is 14.3 Å². The van der Waals surface area contributed by atoms with E-state index in [9.17, 15) is 4.79 Å². The van der Waals surface area contributed by atoms with Crippen LogP contribution in [0.15, 0.2) is 0 Å². The molecule has 0 radical (unpaired) electrons. The normalized spacial score (nSPS) is 36.5. The molecule has 0 saturated carbocycles. The minimum absolute atomic E-state index is 0.0199. The van der Waals surface area contributed by atoms with Crippen molar-refractivity contribution in [2.45, 2.75) is 45.1 Å². The van der Waals surface area contributed by atoms with Crippen molar-refractivity contribution in [3.8, 4) is 0 Å². The molecule has 0 aliphatic carbocycles. The summed E-state index contributed by atoms with van der Waals surface area (Å²) >= 11 is 0. The molecule has 0 bridgehead atoms. The van der Waals surface area contributed by atoms with Gasteiger partial charge in [-0.1, -0.05) is 6.92 Å². The number of carbonyl (C=O) groups excluding carboxylic acids is 1. The third-order valence-electron chi connectivity index (χ3n) is 4.01. The quantitative estimate of drug-likeness (QED) is 0.740. The molecule has 0 aromatic rings. The Kier molecular flexibility index (Phi) is 3.65. The zero-order valence-corrected chi connectivity index (χ0v) is 10.3. The second kappa shape index (κ2) is 4.84. The minimum atomic E-state index is -0.0199. The lowest BCUT2D eigenvalue weighted by molar-refractivity contribution is -0.122. The maximum atomic E-state index is 11.2. The molecule has 92 valence electrons. The van der Waals surface area contributed by atoms with Crippen molar-refractivity contribution < 1.29 is 14.3 Å². The smallest absolute Gasteiger partial charge is 0.130 e. The monoisotopic (exact) mass is 226 g/mol. The standard InChI is InChI=1S/C13H22O3/c1-10(7-11(2)14)12-3-5-16-13(8-12)4-6-15-9-13/h10,12H,3-9H2,1-2H3. The average molecular weight is 226 g/mol. The van der Waals surface area contributed by atoms with E-state index in [-0.39, 0.29) is 5.60 Å². The number of hydrogen-bond acceptors (Lipinski definition) is 3. The van der Waals surface area contributed by atoms with Gasteiger partial charge in [-0.3, -0.25) is 0 Å². The summed E-state index contributed by atoms with van der Waals surface area (Å²) in [7, 11) is 0. The van der Waals surface area contributed by atoms with E-state index in [1.165, 1.54) is 0 Å². The fourth-order valence-electron chi connectivity index (χ4n) is 3.03. The number of Topliss-reactive ketones (excluding diaryl/α,β-unsaturated/α-hetero) is 1. The molecule has 2 aliphatic rings. The van der Waals surface area contributed by atoms with Crippen molar-refractivity contribution in [1.82, 2.24) is 0 Å². The Balaban J connectivity index is 1.93. The van der Waals surface area contributed by atoms with Crippen LogP contribution in [-0.4, -0.2) is 31.2 Å². The van der Waals surface area contributed by atoms with Crippen LogP contribution in [0.3, 0.4) is 0 Å². The Bertz CT molecular complexity index is 256. The Labute approximate surface area is 97.5 Å². The minimum Gasteiger partial charge on any atom is -0.378 e. The molecule has 2 fully saturated rings. The molecular formula is C13H22O3. The van der Waals surface area contributed by atoms with E-state index in [0.29, 0.717) is 24.0 Å². The van der Waals surface area contributed by atoms with Crippen molar-refractivity contribution in [3.05, 3.63) is 0 Å². The van der Waals surface area contributed by atoms with Gasteiger partial charge in [0.15, 0.2) is 0 Å². The molecule has 2 saturated heterocycles. The van der Waals surface area contributed by atoms with Crippen molar-refractivity contribution >= 4 is 5.78 Å². The fraction of sp³-hybridized carbons (Fsp3) is 0.923. The molecule has 3 unspecified atom stereocenters. The highest BCUT2D eigenvalue weighted by Crippen LogP contribution is 2.39. The second-order valence-electron chi connectivity index (χ2n) is 5.47. The summed E-state index contributed by atoms with van der Waals surface area (Å²) in [5.41, 5.74) is -0.0199. The number of ether oxygens (including phenoxy) is 2. The summed E-state index contributed by atoms with van der Waals surface area (Å²) < 4.78 is 11.4. The van der Waals surface area contributed by atoms with E-state index < -0.39 is 0 Å². The Hall–Kier alpha value is -0.410. The third kappa shape index (κ3) is 2.64. The molecule has 3 nitrogen and oxygen atoms in total. The number of hydrogen-bond donors (Lipinski definition) is 0. The number of rotatable bonds is 3. The SMILES string of the molecule is CC(=O)CC(C)C1CCOC2(CCOC2)C1. The van der Waals surface area contributed by atoms with E-state index in [0.717, 1.165) is 39.1 Å². The molecule has 0 N–H and O–H groups in total. The molecule has 0 aromatic heterocycles. The van der Waals surface area contributed by atoms with Crippen molar-refractivity contribution in [2.75, 3.05) is 19.8 Å². The molecule has 2 rings (SSSR count). The van der Waals surface area contributed by atoms with Crippen LogP contribution in [0.2, 0.25) is 0 Å². The molecular weight excluding hydrogens is 204 g/mol. The summed E-state index contributed by atoms with van der Waals surface area (Å²) in [6, 6.07) is 0. The third-order valence-corrected chi connectivity index (χ3v) is 4.01. The summed E-state index contributed by atoms with van der Waals surface area (Å²) in [4.78, 5) is 11.2. The predicted molar refractivity (Wildman–Crippen MR) is 61.3 cm³/mol. The zero-order valence-electron chi connectivity index (χ0n) is 10.3. The van der Waals surface area contributed by atoms with Crippen LogP contribution in [0.1, 0.15) is 39.5 Å². The van der Waals surface area contributed by atoms with Gasteiger partial charge in [0.1, 0.15) is 5.78 Å². The average Bonchev–Trinajstić information content (AvgIpc) is 2.65. The largest absolute Gasteiger partial charge is 0.378 e. The maximum Gasteiger partial charge on any atom is 0.130 e. The van der Waals surface area contributed by atoms with Crippen LogP contribution in [-0.2, 0) is 14.3 Å². The molecule has 0 amide bonds. The molecule has 0 aromatic carbocycles. The molecule has 3 heteroatoms. The van der Waals surface area contributed by atoms with Gasteiger partial charge in [-0.05, 0) is 31.6 Å². The van der Waals surface area contributed by atoms with Gasteiger partial charge in [0.05, 0.1) is 12.2 Å². The van der Waals surface area contributed by atoms with Gasteiger partial charge in [0, 0.05) is 26.1 Å². The molecule has 16 heavy (non-hydrogen) atoms. The van der Waals surface area contributed by atoms with Crippen molar-refractivity contribution in [1.29, 1.82) is 0 Å². The highest BCUT2D eigenvalue weighted by molar-refractivity contribution is 5.75. The van der Waals surface area contributed by atoms with Gasteiger partial charge in [-0.15, -0.1) is 0 Å². The highest BCUT2D eigenvalue weighted by atomic mass is 16.6. The fourth-order valence-corrected chi connectivity index (χ4v) is 3.03. The van der Waals surface area contributed by atoms with Gasteiger partial charge in [0.25, 0.3) is 0 Å². The van der Waals surface area contributed by atoms with Crippen LogP contribution in [0.25, 0.3) is 0 Å². The van der Waals surface area contributed by atoms with Crippen molar-refractivity contribution in [3.63, 3.8) is 0 Å². The summed E-state index contributed by atoms with van der Waals surface area (Å²) in [6.07, 6.45) is 3.90. The molecule has 3 atom stereocenters. The van der Waals surface area contributed by atoms with Gasteiger partial charge in [-0.2, -0.15) is 0 Å². The zero-order chi connectivity index (χ0) is 11.6. The first-order valence-corrected chi connectivity index (χ1v) is 6.32. The topological polar surface area (TPSA) is 35.5 Å². The first-order valence-electron chi connectivity index (χ1n) is 6.32. The van der Waals surface area contributed by atoms with Gasteiger partial charge >= 0.3 is 0 Å². The van der Waals surface area contributed by atoms with Crippen LogP contribution in [0.4, 0.5) is 0 Å². The Morgan fingerprint density at radius 2 is 2.31 bits per heavy atom. The van der Waals surface area contributed by atoms with E-state index in [2.05, 4.69) is 6.92 Å². The number of ketones is 1. The molecule has 2 aliphatic heterocycles. The number of carbonyl (C=O) groups is 1. The van der Waals surface area contributed by atoms with E-state index in [1.54, 1.807) is 6.92 Å². The molecule has 2 heterocycles. The maximum absolute atomic E-state index is 11.2. The summed E-state index contributed by atoms with van der Waals surface area (Å²) in [5, 5.41) is 0. The lowest BCUT2D eigenvalue weighted by Crippen LogP contribution is -2.42. The lowest BCUT2D eigenvalue weighted by atomic mass is 9.77. The van der Waals surface area contributed by atoms with Gasteiger partial charge in [-0.25, -0.2) is 0 Å². The van der Waals surface area contributed by atoms with Gasteiger partial charge in [0.2, 0.25) is 0 Å². The first-order chi connectivity index (χ1) is 7.61. The molecule has 1 spiro atoms. The predicted octanol–water partition coefficient (Wildman–Crippen LogP) is 2.19. The van der Waals surface area contributed by atoms with Crippen molar-refractivity contribution in [2.24, 2.45) is 11.8 Å². The Morgan fingerprint density at radius 3 is 2.94 bits per heavy atom. The summed E-state index contributed by atoms with van der Waals surface area (Å²) in [5.74, 6) is 1.41. The van der Waals surface area contributed by atoms with Crippen LogP contribution < -0.4 is 0 Å². The van der Waals surface area contributed by atoms with Crippen LogP contribution in [0.5, 0.6) is 0 Å². The second-order valence-corrected chi connectivity index (χ2v) is 5.47. The van der Waals surface area contributed by atoms with E-state index >= 15 is 0 Å². The van der Waals surface area contributed by atoms with E-state index in [1.807, 2.05) is 0 Å². The summed E-state index contributed by atoms with van der Waals surface area (Å²) in [6.45, 7) is 6.28. The lowest BCUT2D eigenvalue weighted by Gasteiger charge is -2.39. The first kappa shape index (κ1) is 12.1. The van der Waals surface area contributed by atoms with Crippen LogP contribution >= 0.6 is 0 Å².